The number of benzene rings is 2. The molecule has 1 N–H and O–H groups in total. The Morgan fingerprint density at radius 2 is 1.79 bits per heavy atom. The lowest BCUT2D eigenvalue weighted by atomic mass is 9.98. The van der Waals surface area contributed by atoms with Gasteiger partial charge in [0, 0.05) is 27.2 Å². The van der Waals surface area contributed by atoms with Gasteiger partial charge in [0.1, 0.15) is 0 Å². The molecule has 5 nitrogen and oxygen atoms in total. The van der Waals surface area contributed by atoms with Crippen LogP contribution in [0.5, 0.6) is 0 Å². The van der Waals surface area contributed by atoms with Gasteiger partial charge >= 0.3 is 0 Å². The van der Waals surface area contributed by atoms with Gasteiger partial charge in [0.15, 0.2) is 0 Å². The summed E-state index contributed by atoms with van der Waals surface area (Å²) in [6, 6.07) is 11.9. The molecule has 3 rings (SSSR count). The molecule has 28 heavy (non-hydrogen) atoms. The van der Waals surface area contributed by atoms with Crippen molar-refractivity contribution in [3.05, 3.63) is 51.6 Å². The fourth-order valence-corrected chi connectivity index (χ4v) is 5.15. The van der Waals surface area contributed by atoms with Gasteiger partial charge < -0.3 is 4.90 Å². The first-order chi connectivity index (χ1) is 13.3. The van der Waals surface area contributed by atoms with E-state index in [0.29, 0.717) is 30.3 Å². The van der Waals surface area contributed by atoms with Crippen LogP contribution in [-0.2, 0) is 10.0 Å². The van der Waals surface area contributed by atoms with E-state index in [1.54, 1.807) is 24.3 Å². The second kappa shape index (κ2) is 9.04. The summed E-state index contributed by atoms with van der Waals surface area (Å²) in [7, 11) is -3.78. The SMILES string of the molecule is CSc1ccc(S(=O)(=O)Nc2ccc(I)cc2)cc1C(=O)N1CCC(C)CC1. The maximum absolute atomic E-state index is 13.1. The largest absolute Gasteiger partial charge is 0.339 e. The smallest absolute Gasteiger partial charge is 0.261 e. The zero-order valence-electron chi connectivity index (χ0n) is 15.8. The Labute approximate surface area is 184 Å². The summed E-state index contributed by atoms with van der Waals surface area (Å²) >= 11 is 3.61. The Morgan fingerprint density at radius 3 is 2.39 bits per heavy atom. The maximum Gasteiger partial charge on any atom is 0.261 e. The van der Waals surface area contributed by atoms with Crippen LogP contribution in [-0.4, -0.2) is 38.6 Å². The second-order valence-electron chi connectivity index (χ2n) is 6.95. The van der Waals surface area contributed by atoms with Crippen LogP contribution in [0.15, 0.2) is 52.3 Å². The second-order valence-corrected chi connectivity index (χ2v) is 10.7. The Balaban J connectivity index is 1.89. The first-order valence-corrected chi connectivity index (χ1v) is 12.8. The van der Waals surface area contributed by atoms with Gasteiger partial charge in [-0.1, -0.05) is 6.92 Å². The number of thioether (sulfide) groups is 1. The van der Waals surface area contributed by atoms with Crippen LogP contribution >= 0.6 is 34.4 Å². The zero-order chi connectivity index (χ0) is 20.3. The third-order valence-electron chi connectivity index (χ3n) is 4.88. The van der Waals surface area contributed by atoms with Crippen LogP contribution in [0.2, 0.25) is 0 Å². The van der Waals surface area contributed by atoms with Crippen LogP contribution in [0.1, 0.15) is 30.1 Å². The third-order valence-corrected chi connectivity index (χ3v) is 7.77. The molecule has 0 atom stereocenters. The molecule has 0 aromatic heterocycles. The molecule has 1 saturated heterocycles. The minimum absolute atomic E-state index is 0.0948. The van der Waals surface area contributed by atoms with Gasteiger partial charge in [-0.15, -0.1) is 11.8 Å². The standard InChI is InChI=1S/C20H23IN2O3S2/c1-14-9-11-23(12-10-14)20(24)18-13-17(7-8-19(18)27-2)28(25,26)22-16-5-3-15(21)4-6-16/h3-8,13-14,22H,9-12H2,1-2H3. The van der Waals surface area contributed by atoms with Crippen LogP contribution < -0.4 is 4.72 Å². The van der Waals surface area contributed by atoms with Crippen molar-refractivity contribution in [2.45, 2.75) is 29.6 Å². The van der Waals surface area contributed by atoms with Gasteiger partial charge in [0.2, 0.25) is 0 Å². The van der Waals surface area contributed by atoms with Crippen molar-refractivity contribution in [1.29, 1.82) is 0 Å². The van der Waals surface area contributed by atoms with E-state index < -0.39 is 10.0 Å². The number of carbonyl (C=O) groups excluding carboxylic acids is 1. The Morgan fingerprint density at radius 1 is 1.14 bits per heavy atom. The predicted octanol–water partition coefficient (Wildman–Crippen LogP) is 4.69. The summed E-state index contributed by atoms with van der Waals surface area (Å²) < 4.78 is 29.3. The lowest BCUT2D eigenvalue weighted by Gasteiger charge is -2.30. The van der Waals surface area contributed by atoms with Gasteiger partial charge in [-0.2, -0.15) is 0 Å². The third kappa shape index (κ3) is 5.01. The molecule has 1 aliphatic rings. The summed E-state index contributed by atoms with van der Waals surface area (Å²) in [6.07, 6.45) is 3.85. The number of carbonyl (C=O) groups is 1. The number of amides is 1. The summed E-state index contributed by atoms with van der Waals surface area (Å²) in [5.74, 6) is 0.525. The average molecular weight is 530 g/mol. The molecule has 1 amide bonds. The number of nitrogens with zero attached hydrogens (tertiary/aromatic N) is 1. The molecule has 150 valence electrons. The van der Waals surface area contributed by atoms with Crippen molar-refractivity contribution in [3.8, 4) is 0 Å². The molecule has 0 bridgehead atoms. The molecule has 1 aliphatic heterocycles. The van der Waals surface area contributed by atoms with E-state index in [1.165, 1.54) is 17.8 Å². The summed E-state index contributed by atoms with van der Waals surface area (Å²) in [5.41, 5.74) is 0.944. The lowest BCUT2D eigenvalue weighted by Crippen LogP contribution is -2.38. The van der Waals surface area contributed by atoms with Gasteiger partial charge in [-0.25, -0.2) is 8.42 Å². The van der Waals surface area contributed by atoms with E-state index in [0.717, 1.165) is 21.3 Å². The van der Waals surface area contributed by atoms with Crippen molar-refractivity contribution in [3.63, 3.8) is 0 Å². The molecule has 1 heterocycles. The Kier molecular flexibility index (Phi) is 6.93. The summed E-state index contributed by atoms with van der Waals surface area (Å²) in [5, 5.41) is 0. The van der Waals surface area contributed by atoms with E-state index in [4.69, 9.17) is 0 Å². The van der Waals surface area contributed by atoms with Crippen molar-refractivity contribution in [2.24, 2.45) is 5.92 Å². The fraction of sp³-hybridized carbons (Fsp3) is 0.350. The molecule has 0 unspecified atom stereocenters. The molecular weight excluding hydrogens is 507 g/mol. The van der Waals surface area contributed by atoms with Gasteiger partial charge in [0.05, 0.1) is 10.5 Å². The number of likely N-dealkylation sites (tertiary alicyclic amines) is 1. The average Bonchev–Trinajstić information content (AvgIpc) is 2.69. The fourth-order valence-electron chi connectivity index (χ4n) is 3.14. The number of hydrogen-bond acceptors (Lipinski definition) is 4. The molecule has 0 saturated carbocycles. The monoisotopic (exact) mass is 530 g/mol. The van der Waals surface area contributed by atoms with E-state index in [1.807, 2.05) is 23.3 Å². The highest BCUT2D eigenvalue weighted by molar-refractivity contribution is 14.1. The zero-order valence-corrected chi connectivity index (χ0v) is 19.6. The molecular formula is C20H23IN2O3S2. The molecule has 0 radical (unpaired) electrons. The van der Waals surface area contributed by atoms with Crippen LogP contribution in [0, 0.1) is 9.49 Å². The quantitative estimate of drug-likeness (QED) is 0.450. The number of hydrogen-bond donors (Lipinski definition) is 1. The number of nitrogens with one attached hydrogen (secondary N) is 1. The molecule has 1 fully saturated rings. The van der Waals surface area contributed by atoms with Gasteiger partial charge in [-0.05, 0) is 90.1 Å². The number of piperidine rings is 1. The Bertz CT molecular complexity index is 954. The minimum atomic E-state index is -3.78. The van der Waals surface area contributed by atoms with Crippen LogP contribution in [0.3, 0.4) is 0 Å². The normalized spacial score (nSPS) is 15.5. The summed E-state index contributed by atoms with van der Waals surface area (Å²) in [6.45, 7) is 3.62. The summed E-state index contributed by atoms with van der Waals surface area (Å²) in [4.78, 5) is 15.8. The number of halogens is 1. The highest BCUT2D eigenvalue weighted by Gasteiger charge is 2.25. The van der Waals surface area contributed by atoms with Crippen molar-refractivity contribution in [1.82, 2.24) is 4.90 Å². The van der Waals surface area contributed by atoms with Crippen LogP contribution in [0.25, 0.3) is 0 Å². The maximum atomic E-state index is 13.1. The highest BCUT2D eigenvalue weighted by atomic mass is 127. The predicted molar refractivity (Wildman–Crippen MR) is 122 cm³/mol. The van der Waals surface area contributed by atoms with Gasteiger partial charge in [0.25, 0.3) is 15.9 Å². The molecule has 2 aromatic carbocycles. The van der Waals surface area contributed by atoms with Crippen molar-refractivity contribution < 1.29 is 13.2 Å². The van der Waals surface area contributed by atoms with E-state index in [2.05, 4.69) is 34.2 Å². The number of anilines is 1. The topological polar surface area (TPSA) is 66.5 Å². The Hall–Kier alpha value is -1.26. The van der Waals surface area contributed by atoms with Crippen molar-refractivity contribution >= 4 is 56.0 Å². The number of sulfonamides is 1. The molecule has 0 spiro atoms. The minimum Gasteiger partial charge on any atom is -0.339 e. The van der Waals surface area contributed by atoms with E-state index in [-0.39, 0.29) is 10.8 Å². The first-order valence-electron chi connectivity index (χ1n) is 9.06. The van der Waals surface area contributed by atoms with Gasteiger partial charge in [-0.3, -0.25) is 9.52 Å². The van der Waals surface area contributed by atoms with Crippen molar-refractivity contribution in [2.75, 3.05) is 24.1 Å². The highest BCUT2D eigenvalue weighted by Crippen LogP contribution is 2.28. The molecule has 8 heteroatoms. The van der Waals surface area contributed by atoms with Crippen LogP contribution in [0.4, 0.5) is 5.69 Å². The van der Waals surface area contributed by atoms with E-state index in [9.17, 15) is 13.2 Å². The first kappa shape index (κ1) is 21.4. The lowest BCUT2D eigenvalue weighted by molar-refractivity contribution is 0.0693. The molecule has 2 aromatic rings. The van der Waals surface area contributed by atoms with E-state index >= 15 is 0 Å². The molecule has 0 aliphatic carbocycles. The number of rotatable bonds is 5.